The first-order valence-corrected chi connectivity index (χ1v) is 8.04. The summed E-state index contributed by atoms with van der Waals surface area (Å²) in [6, 6.07) is 12.3. The number of hydrogen-bond donors (Lipinski definition) is 2. The van der Waals surface area contributed by atoms with Gasteiger partial charge in [-0.25, -0.2) is 14.8 Å². The van der Waals surface area contributed by atoms with Gasteiger partial charge in [0.25, 0.3) is 0 Å². The summed E-state index contributed by atoms with van der Waals surface area (Å²) >= 11 is 0. The number of hydrogen-bond acceptors (Lipinski definition) is 5. The molecule has 0 unspecified atom stereocenters. The molecule has 6 nitrogen and oxygen atoms in total. The van der Waals surface area contributed by atoms with E-state index in [1.807, 2.05) is 18.2 Å². The molecule has 0 bridgehead atoms. The summed E-state index contributed by atoms with van der Waals surface area (Å²) in [6.07, 6.45) is 5.23. The van der Waals surface area contributed by atoms with Crippen LogP contribution in [0.15, 0.2) is 54.9 Å². The first-order chi connectivity index (χ1) is 12.2. The van der Waals surface area contributed by atoms with Gasteiger partial charge in [0.1, 0.15) is 5.82 Å². The second-order valence-corrected chi connectivity index (χ2v) is 5.57. The average molecular weight is 334 g/mol. The highest BCUT2D eigenvalue weighted by Crippen LogP contribution is 2.21. The van der Waals surface area contributed by atoms with E-state index in [9.17, 15) is 4.79 Å². The summed E-state index contributed by atoms with van der Waals surface area (Å²) in [5, 5.41) is 12.3. The van der Waals surface area contributed by atoms with Crippen LogP contribution in [0.1, 0.15) is 29.4 Å². The first-order valence-electron chi connectivity index (χ1n) is 8.04. The highest BCUT2D eigenvalue weighted by molar-refractivity contribution is 5.89. The monoisotopic (exact) mass is 334 g/mol. The van der Waals surface area contributed by atoms with Crippen LogP contribution in [-0.4, -0.2) is 26.0 Å². The Labute approximate surface area is 145 Å². The lowest BCUT2D eigenvalue weighted by molar-refractivity contribution is 0.0697. The fourth-order valence-corrected chi connectivity index (χ4v) is 2.45. The summed E-state index contributed by atoms with van der Waals surface area (Å²) in [5.41, 5.74) is 2.65. The lowest BCUT2D eigenvalue weighted by Gasteiger charge is -2.10. The second kappa shape index (κ2) is 7.53. The molecule has 0 saturated carbocycles. The summed E-state index contributed by atoms with van der Waals surface area (Å²) < 4.78 is 0. The van der Waals surface area contributed by atoms with Crippen LogP contribution >= 0.6 is 0 Å². The molecule has 0 amide bonds. The Bertz CT molecular complexity index is 882. The molecular weight excluding hydrogens is 316 g/mol. The number of nitrogens with zero attached hydrogens (tertiary/aromatic N) is 3. The normalized spacial score (nSPS) is 10.4. The Balaban J connectivity index is 1.96. The van der Waals surface area contributed by atoms with Crippen molar-refractivity contribution < 1.29 is 9.90 Å². The molecule has 0 saturated heterocycles. The zero-order chi connectivity index (χ0) is 17.6. The van der Waals surface area contributed by atoms with Gasteiger partial charge in [0.15, 0.2) is 5.82 Å². The van der Waals surface area contributed by atoms with Gasteiger partial charge in [-0.2, -0.15) is 0 Å². The highest BCUT2D eigenvalue weighted by Gasteiger charge is 2.09. The molecule has 3 rings (SSSR count). The summed E-state index contributed by atoms with van der Waals surface area (Å²) in [4.78, 5) is 24.4. The number of aromatic nitrogens is 3. The topological polar surface area (TPSA) is 88.0 Å². The van der Waals surface area contributed by atoms with Gasteiger partial charge in [-0.3, -0.25) is 4.98 Å². The number of nitrogens with one attached hydrogen (secondary N) is 1. The number of pyridine rings is 1. The summed E-state index contributed by atoms with van der Waals surface area (Å²) in [6.45, 7) is 2.09. The minimum absolute atomic E-state index is 0.223. The van der Waals surface area contributed by atoms with Crippen LogP contribution in [0.5, 0.6) is 0 Å². The number of carbonyl (C=O) groups is 1. The SMILES string of the molecule is CCCc1cc(Nc2cccc(C(=O)O)c2)nc(-c2cccnc2)n1. The van der Waals surface area contributed by atoms with Crippen LogP contribution in [-0.2, 0) is 6.42 Å². The van der Waals surface area contributed by atoms with Crippen molar-refractivity contribution in [1.82, 2.24) is 15.0 Å². The van der Waals surface area contributed by atoms with Gasteiger partial charge in [-0.05, 0) is 36.8 Å². The van der Waals surface area contributed by atoms with Gasteiger partial charge in [-0.15, -0.1) is 0 Å². The van der Waals surface area contributed by atoms with Crippen LogP contribution in [0.4, 0.5) is 11.5 Å². The lowest BCUT2D eigenvalue weighted by Crippen LogP contribution is -2.02. The van der Waals surface area contributed by atoms with Crippen LogP contribution in [0, 0.1) is 0 Å². The van der Waals surface area contributed by atoms with E-state index in [1.54, 1.807) is 36.7 Å². The maximum atomic E-state index is 11.1. The third-order valence-electron chi connectivity index (χ3n) is 3.59. The maximum Gasteiger partial charge on any atom is 0.335 e. The molecule has 0 aliphatic carbocycles. The maximum absolute atomic E-state index is 11.1. The fourth-order valence-electron chi connectivity index (χ4n) is 2.45. The number of carboxylic acid groups (broad SMARTS) is 1. The van der Waals surface area contributed by atoms with Crippen LogP contribution in [0.25, 0.3) is 11.4 Å². The predicted molar refractivity (Wildman–Crippen MR) is 95.9 cm³/mol. The van der Waals surface area contributed by atoms with Gasteiger partial charge in [0, 0.05) is 35.4 Å². The Morgan fingerprint density at radius 3 is 2.76 bits per heavy atom. The molecule has 2 heterocycles. The van der Waals surface area contributed by atoms with Gasteiger partial charge in [0.05, 0.1) is 5.56 Å². The third-order valence-corrected chi connectivity index (χ3v) is 3.59. The van der Waals surface area contributed by atoms with Crippen molar-refractivity contribution in [1.29, 1.82) is 0 Å². The summed E-state index contributed by atoms with van der Waals surface area (Å²) in [7, 11) is 0. The van der Waals surface area contributed by atoms with Gasteiger partial charge in [-0.1, -0.05) is 19.4 Å². The minimum atomic E-state index is -0.964. The van der Waals surface area contributed by atoms with Crippen molar-refractivity contribution in [3.05, 3.63) is 66.1 Å². The van der Waals surface area contributed by atoms with Crippen LogP contribution in [0.2, 0.25) is 0 Å². The number of benzene rings is 1. The molecule has 0 atom stereocenters. The molecular formula is C19H18N4O2. The van der Waals surface area contributed by atoms with Crippen molar-refractivity contribution >= 4 is 17.5 Å². The largest absolute Gasteiger partial charge is 0.478 e. The first kappa shape index (κ1) is 16.6. The second-order valence-electron chi connectivity index (χ2n) is 5.57. The van der Waals surface area contributed by atoms with E-state index in [-0.39, 0.29) is 5.56 Å². The number of aryl methyl sites for hydroxylation is 1. The molecule has 0 aliphatic rings. The van der Waals surface area contributed by atoms with Crippen molar-refractivity contribution in [3.63, 3.8) is 0 Å². The Hall–Kier alpha value is -3.28. The fraction of sp³-hybridized carbons (Fsp3) is 0.158. The molecule has 0 aliphatic heterocycles. The zero-order valence-corrected chi connectivity index (χ0v) is 13.8. The summed E-state index contributed by atoms with van der Waals surface area (Å²) in [5.74, 6) is 0.254. The van der Waals surface area contributed by atoms with E-state index in [2.05, 4.69) is 27.2 Å². The van der Waals surface area contributed by atoms with Crippen molar-refractivity contribution in [2.75, 3.05) is 5.32 Å². The van der Waals surface area contributed by atoms with Crippen LogP contribution < -0.4 is 5.32 Å². The van der Waals surface area contributed by atoms with E-state index in [0.717, 1.165) is 24.1 Å². The van der Waals surface area contributed by atoms with Crippen LogP contribution in [0.3, 0.4) is 0 Å². The van der Waals surface area contributed by atoms with Crippen molar-refractivity contribution in [2.45, 2.75) is 19.8 Å². The third kappa shape index (κ3) is 4.17. The van der Waals surface area contributed by atoms with E-state index in [0.29, 0.717) is 17.3 Å². The molecule has 1 aromatic carbocycles. The molecule has 2 N–H and O–H groups in total. The predicted octanol–water partition coefficient (Wildman–Crippen LogP) is 3.93. The standard InChI is InChI=1S/C19H18N4O2/c1-2-5-15-11-17(21-16-8-3-6-13(10-16)19(24)25)23-18(22-15)14-7-4-9-20-12-14/h3-4,6-12H,2,5H2,1H3,(H,24,25)(H,21,22,23). The molecule has 3 aromatic rings. The number of carboxylic acids is 1. The Morgan fingerprint density at radius 2 is 2.04 bits per heavy atom. The van der Waals surface area contributed by atoms with E-state index >= 15 is 0 Å². The highest BCUT2D eigenvalue weighted by atomic mass is 16.4. The van der Waals surface area contributed by atoms with Gasteiger partial charge in [0.2, 0.25) is 0 Å². The molecule has 0 spiro atoms. The average Bonchev–Trinajstić information content (AvgIpc) is 2.63. The minimum Gasteiger partial charge on any atom is -0.478 e. The van der Waals surface area contributed by atoms with E-state index in [4.69, 9.17) is 5.11 Å². The zero-order valence-electron chi connectivity index (χ0n) is 13.8. The molecule has 2 aromatic heterocycles. The van der Waals surface area contributed by atoms with E-state index < -0.39 is 5.97 Å². The van der Waals surface area contributed by atoms with E-state index in [1.165, 1.54) is 0 Å². The molecule has 6 heteroatoms. The van der Waals surface area contributed by atoms with Crippen molar-refractivity contribution in [2.24, 2.45) is 0 Å². The number of anilines is 2. The van der Waals surface area contributed by atoms with Gasteiger partial charge >= 0.3 is 5.97 Å². The lowest BCUT2D eigenvalue weighted by atomic mass is 10.2. The number of rotatable bonds is 6. The molecule has 25 heavy (non-hydrogen) atoms. The Kier molecular flexibility index (Phi) is 4.99. The van der Waals surface area contributed by atoms with Crippen molar-refractivity contribution in [3.8, 4) is 11.4 Å². The van der Waals surface area contributed by atoms with Gasteiger partial charge < -0.3 is 10.4 Å². The number of aromatic carboxylic acids is 1. The quantitative estimate of drug-likeness (QED) is 0.710. The smallest absolute Gasteiger partial charge is 0.335 e. The Morgan fingerprint density at radius 1 is 1.16 bits per heavy atom. The molecule has 0 fully saturated rings. The molecule has 126 valence electrons. The molecule has 0 radical (unpaired) electrons.